The van der Waals surface area contributed by atoms with Crippen LogP contribution in [0.3, 0.4) is 0 Å². The standard InChI is InChI=1S/C7H15NS/c1-4-6-9-7-5-8(2)3/h4H,1,5-7H2,2-3H3. The highest BCUT2D eigenvalue weighted by Crippen LogP contribution is 1.98. The Morgan fingerprint density at radius 2 is 2.22 bits per heavy atom. The van der Waals surface area contributed by atoms with Crippen LogP contribution in [0.2, 0.25) is 0 Å². The van der Waals surface area contributed by atoms with Gasteiger partial charge in [0, 0.05) is 18.1 Å². The van der Waals surface area contributed by atoms with Gasteiger partial charge in [0.2, 0.25) is 0 Å². The van der Waals surface area contributed by atoms with Crippen LogP contribution in [0.15, 0.2) is 12.7 Å². The molecule has 0 aromatic carbocycles. The molecular formula is C7H15NS. The second-order valence-electron chi connectivity index (χ2n) is 2.17. The summed E-state index contributed by atoms with van der Waals surface area (Å²) in [5.74, 6) is 2.28. The molecule has 0 aliphatic carbocycles. The third-order valence-electron chi connectivity index (χ3n) is 0.919. The van der Waals surface area contributed by atoms with Gasteiger partial charge in [0.05, 0.1) is 0 Å². The summed E-state index contributed by atoms with van der Waals surface area (Å²) < 4.78 is 0. The summed E-state index contributed by atoms with van der Waals surface area (Å²) in [6.45, 7) is 4.81. The first-order valence-corrected chi connectivity index (χ1v) is 4.26. The van der Waals surface area contributed by atoms with Gasteiger partial charge in [-0.3, -0.25) is 0 Å². The highest BCUT2D eigenvalue weighted by atomic mass is 32.2. The van der Waals surface area contributed by atoms with E-state index >= 15 is 0 Å². The molecule has 0 N–H and O–H groups in total. The van der Waals surface area contributed by atoms with E-state index in [4.69, 9.17) is 0 Å². The predicted octanol–water partition coefficient (Wildman–Crippen LogP) is 1.47. The van der Waals surface area contributed by atoms with Crippen molar-refractivity contribution in [3.8, 4) is 0 Å². The van der Waals surface area contributed by atoms with Crippen LogP contribution in [0.25, 0.3) is 0 Å². The molecular weight excluding hydrogens is 130 g/mol. The normalized spacial score (nSPS) is 10.1. The van der Waals surface area contributed by atoms with E-state index in [-0.39, 0.29) is 0 Å². The van der Waals surface area contributed by atoms with E-state index in [9.17, 15) is 0 Å². The molecule has 0 amide bonds. The lowest BCUT2D eigenvalue weighted by atomic mass is 10.7. The Balaban J connectivity index is 2.82. The number of hydrogen-bond donors (Lipinski definition) is 0. The van der Waals surface area contributed by atoms with Gasteiger partial charge >= 0.3 is 0 Å². The lowest BCUT2D eigenvalue weighted by molar-refractivity contribution is 0.437. The molecule has 0 saturated heterocycles. The minimum absolute atomic E-state index is 1.08. The monoisotopic (exact) mass is 145 g/mol. The Morgan fingerprint density at radius 3 is 2.67 bits per heavy atom. The first-order valence-electron chi connectivity index (χ1n) is 3.10. The van der Waals surface area contributed by atoms with Crippen molar-refractivity contribution in [3.05, 3.63) is 12.7 Å². The van der Waals surface area contributed by atoms with Crippen LogP contribution in [0.1, 0.15) is 0 Å². The fourth-order valence-electron chi connectivity index (χ4n) is 0.414. The van der Waals surface area contributed by atoms with Crippen LogP contribution in [-0.4, -0.2) is 37.0 Å². The van der Waals surface area contributed by atoms with Crippen LogP contribution in [0.4, 0.5) is 0 Å². The zero-order valence-electron chi connectivity index (χ0n) is 6.26. The molecule has 0 aliphatic rings. The Hall–Kier alpha value is 0.0500. The molecule has 54 valence electrons. The van der Waals surface area contributed by atoms with Crippen molar-refractivity contribution in [1.82, 2.24) is 4.90 Å². The predicted molar refractivity (Wildman–Crippen MR) is 46.1 cm³/mol. The first-order chi connectivity index (χ1) is 4.27. The number of rotatable bonds is 5. The summed E-state index contributed by atoms with van der Waals surface area (Å²) in [5, 5.41) is 0. The maximum Gasteiger partial charge on any atom is 0.0111 e. The van der Waals surface area contributed by atoms with Crippen LogP contribution < -0.4 is 0 Å². The quantitative estimate of drug-likeness (QED) is 0.426. The van der Waals surface area contributed by atoms with Crippen molar-refractivity contribution in [2.24, 2.45) is 0 Å². The van der Waals surface area contributed by atoms with Gasteiger partial charge < -0.3 is 4.90 Å². The third-order valence-corrected chi connectivity index (χ3v) is 1.86. The molecule has 0 rings (SSSR count). The van der Waals surface area contributed by atoms with Gasteiger partial charge in [0.1, 0.15) is 0 Å². The van der Waals surface area contributed by atoms with Crippen molar-refractivity contribution < 1.29 is 0 Å². The fraction of sp³-hybridized carbons (Fsp3) is 0.714. The van der Waals surface area contributed by atoms with E-state index in [1.54, 1.807) is 0 Å². The molecule has 0 spiro atoms. The van der Waals surface area contributed by atoms with E-state index < -0.39 is 0 Å². The van der Waals surface area contributed by atoms with E-state index in [0.29, 0.717) is 0 Å². The molecule has 0 bridgehead atoms. The van der Waals surface area contributed by atoms with E-state index in [0.717, 1.165) is 5.75 Å². The summed E-state index contributed by atoms with van der Waals surface area (Å²) in [5.41, 5.74) is 0. The summed E-state index contributed by atoms with van der Waals surface area (Å²) in [6.07, 6.45) is 1.94. The lowest BCUT2D eigenvalue weighted by Gasteiger charge is -2.06. The van der Waals surface area contributed by atoms with Crippen molar-refractivity contribution in [3.63, 3.8) is 0 Å². The van der Waals surface area contributed by atoms with E-state index in [1.165, 1.54) is 12.3 Å². The molecule has 0 aromatic rings. The molecule has 0 saturated carbocycles. The zero-order valence-corrected chi connectivity index (χ0v) is 7.08. The highest BCUT2D eigenvalue weighted by molar-refractivity contribution is 7.99. The van der Waals surface area contributed by atoms with Crippen molar-refractivity contribution in [2.45, 2.75) is 0 Å². The summed E-state index contributed by atoms with van der Waals surface area (Å²) in [6, 6.07) is 0. The number of hydrogen-bond acceptors (Lipinski definition) is 2. The van der Waals surface area contributed by atoms with Crippen LogP contribution in [0, 0.1) is 0 Å². The molecule has 9 heavy (non-hydrogen) atoms. The summed E-state index contributed by atoms with van der Waals surface area (Å²) in [7, 11) is 4.18. The maximum absolute atomic E-state index is 3.64. The molecule has 0 aromatic heterocycles. The van der Waals surface area contributed by atoms with Gasteiger partial charge in [-0.05, 0) is 14.1 Å². The largest absolute Gasteiger partial charge is 0.309 e. The van der Waals surface area contributed by atoms with E-state index in [2.05, 4.69) is 25.6 Å². The molecule has 0 radical (unpaired) electrons. The molecule has 0 unspecified atom stereocenters. The summed E-state index contributed by atoms with van der Waals surface area (Å²) in [4.78, 5) is 2.19. The average molecular weight is 145 g/mol. The van der Waals surface area contributed by atoms with Crippen molar-refractivity contribution >= 4 is 11.8 Å². The Kier molecular flexibility index (Phi) is 6.21. The lowest BCUT2D eigenvalue weighted by Crippen LogP contribution is -2.14. The first kappa shape index (κ1) is 9.05. The summed E-state index contributed by atoms with van der Waals surface area (Å²) >= 11 is 1.92. The second kappa shape index (κ2) is 6.17. The van der Waals surface area contributed by atoms with Gasteiger partial charge in [0.15, 0.2) is 0 Å². The Labute approximate surface area is 62.1 Å². The molecule has 0 heterocycles. The zero-order chi connectivity index (χ0) is 7.11. The maximum atomic E-state index is 3.64. The Bertz CT molecular complexity index is 71.3. The molecule has 1 nitrogen and oxygen atoms in total. The molecule has 0 aliphatic heterocycles. The number of thioether (sulfide) groups is 1. The van der Waals surface area contributed by atoms with Gasteiger partial charge in [-0.2, -0.15) is 11.8 Å². The van der Waals surface area contributed by atoms with Gasteiger partial charge in [0.25, 0.3) is 0 Å². The van der Waals surface area contributed by atoms with Gasteiger partial charge in [-0.15, -0.1) is 6.58 Å². The molecule has 0 fully saturated rings. The number of nitrogens with zero attached hydrogens (tertiary/aromatic N) is 1. The highest BCUT2D eigenvalue weighted by Gasteiger charge is 1.87. The van der Waals surface area contributed by atoms with Crippen molar-refractivity contribution in [2.75, 3.05) is 32.1 Å². The second-order valence-corrected chi connectivity index (χ2v) is 3.32. The Morgan fingerprint density at radius 1 is 1.56 bits per heavy atom. The SMILES string of the molecule is C=CCSCCN(C)C. The third kappa shape index (κ3) is 8.05. The van der Waals surface area contributed by atoms with Crippen LogP contribution >= 0.6 is 11.8 Å². The van der Waals surface area contributed by atoms with Crippen molar-refractivity contribution in [1.29, 1.82) is 0 Å². The molecule has 0 atom stereocenters. The van der Waals surface area contributed by atoms with Crippen LogP contribution in [0.5, 0.6) is 0 Å². The van der Waals surface area contributed by atoms with Gasteiger partial charge in [-0.1, -0.05) is 6.08 Å². The topological polar surface area (TPSA) is 3.24 Å². The minimum Gasteiger partial charge on any atom is -0.309 e. The average Bonchev–Trinajstić information content (AvgIpc) is 1.80. The smallest absolute Gasteiger partial charge is 0.0111 e. The van der Waals surface area contributed by atoms with E-state index in [1.807, 2.05) is 17.8 Å². The minimum atomic E-state index is 1.08. The van der Waals surface area contributed by atoms with Crippen LogP contribution in [-0.2, 0) is 0 Å². The molecule has 2 heteroatoms. The van der Waals surface area contributed by atoms with Gasteiger partial charge in [-0.25, -0.2) is 0 Å². The fourth-order valence-corrected chi connectivity index (χ4v) is 1.24.